The van der Waals surface area contributed by atoms with Gasteiger partial charge in [0.05, 0.1) is 0 Å². The molecule has 2 N–H and O–H groups in total. The van der Waals surface area contributed by atoms with Gasteiger partial charge < -0.3 is 5.73 Å². The van der Waals surface area contributed by atoms with E-state index in [0.29, 0.717) is 5.41 Å². The van der Waals surface area contributed by atoms with Gasteiger partial charge >= 0.3 is 0 Å². The highest BCUT2D eigenvalue weighted by molar-refractivity contribution is 5.30. The summed E-state index contributed by atoms with van der Waals surface area (Å²) >= 11 is 0. The molecule has 0 aromatic heterocycles. The van der Waals surface area contributed by atoms with Gasteiger partial charge in [-0.15, -0.1) is 0 Å². The van der Waals surface area contributed by atoms with Gasteiger partial charge in [0.2, 0.25) is 0 Å². The second-order valence-corrected chi connectivity index (χ2v) is 6.29. The minimum Gasteiger partial charge on any atom is -0.330 e. The van der Waals surface area contributed by atoms with E-state index in [2.05, 4.69) is 0 Å². The van der Waals surface area contributed by atoms with E-state index >= 15 is 0 Å². The molecule has 1 fully saturated rings. The lowest BCUT2D eigenvalue weighted by atomic mass is 9.77. The predicted molar refractivity (Wildman–Crippen MR) is 78.8 cm³/mol. The van der Waals surface area contributed by atoms with Crippen LogP contribution in [0.2, 0.25) is 0 Å². The van der Waals surface area contributed by atoms with E-state index in [1.54, 1.807) is 0 Å². The lowest BCUT2D eigenvalue weighted by Crippen LogP contribution is -2.21. The predicted octanol–water partition coefficient (Wildman–Crippen LogP) is 4.28. The quantitative estimate of drug-likeness (QED) is 0.843. The van der Waals surface area contributed by atoms with Crippen LogP contribution in [0.15, 0.2) is 12.1 Å². The summed E-state index contributed by atoms with van der Waals surface area (Å²) in [5, 5.41) is 0. The van der Waals surface area contributed by atoms with Gasteiger partial charge in [-0.1, -0.05) is 25.0 Å². The van der Waals surface area contributed by atoms with Crippen LogP contribution >= 0.6 is 0 Å². The van der Waals surface area contributed by atoms with Crippen LogP contribution in [0.3, 0.4) is 0 Å². The molecule has 0 spiro atoms. The fourth-order valence-corrected chi connectivity index (χ4v) is 3.65. The lowest BCUT2D eigenvalue weighted by molar-refractivity contribution is 0.253. The monoisotopic (exact) mass is 263 g/mol. The van der Waals surface area contributed by atoms with E-state index < -0.39 is 0 Å². The summed E-state index contributed by atoms with van der Waals surface area (Å²) in [5.74, 6) is -0.0544. The van der Waals surface area contributed by atoms with Crippen LogP contribution in [0.5, 0.6) is 0 Å². The summed E-state index contributed by atoms with van der Waals surface area (Å²) in [6.07, 6.45) is 8.75. The first kappa shape index (κ1) is 14.5. The molecule has 2 rings (SSSR count). The molecule has 0 unspecified atom stereocenters. The average molecular weight is 263 g/mol. The largest absolute Gasteiger partial charge is 0.330 e. The van der Waals surface area contributed by atoms with Gasteiger partial charge in [0, 0.05) is 0 Å². The van der Waals surface area contributed by atoms with Crippen molar-refractivity contribution in [1.82, 2.24) is 0 Å². The Morgan fingerprint density at radius 2 is 1.68 bits per heavy atom. The molecule has 1 nitrogen and oxygen atoms in total. The van der Waals surface area contributed by atoms with Crippen molar-refractivity contribution in [3.8, 4) is 0 Å². The molecule has 106 valence electrons. The number of rotatable bonds is 5. The van der Waals surface area contributed by atoms with E-state index in [1.807, 2.05) is 26.0 Å². The third-order valence-electron chi connectivity index (χ3n) is 4.78. The minimum absolute atomic E-state index is 0.0544. The van der Waals surface area contributed by atoms with Gasteiger partial charge in [0.15, 0.2) is 0 Å². The summed E-state index contributed by atoms with van der Waals surface area (Å²) in [5.41, 5.74) is 9.07. The summed E-state index contributed by atoms with van der Waals surface area (Å²) in [6.45, 7) is 4.51. The van der Waals surface area contributed by atoms with Crippen molar-refractivity contribution in [3.63, 3.8) is 0 Å². The lowest BCUT2D eigenvalue weighted by Gasteiger charge is -2.28. The van der Waals surface area contributed by atoms with Crippen LogP contribution in [0.4, 0.5) is 4.39 Å². The summed E-state index contributed by atoms with van der Waals surface area (Å²) in [6, 6.07) is 4.01. The molecule has 2 heteroatoms. The molecule has 0 heterocycles. The second-order valence-electron chi connectivity index (χ2n) is 6.29. The molecule has 0 saturated heterocycles. The molecule has 0 aliphatic heterocycles. The molecular formula is C17H26FN. The van der Waals surface area contributed by atoms with Crippen molar-refractivity contribution in [2.75, 3.05) is 6.54 Å². The SMILES string of the molecule is Cc1cc(CCC2(CCN)CCCC2)cc(C)c1F. The van der Waals surface area contributed by atoms with Crippen molar-refractivity contribution in [2.45, 2.75) is 58.8 Å². The van der Waals surface area contributed by atoms with E-state index in [9.17, 15) is 4.39 Å². The zero-order valence-corrected chi connectivity index (χ0v) is 12.3. The molecule has 1 saturated carbocycles. The van der Waals surface area contributed by atoms with E-state index in [0.717, 1.165) is 30.5 Å². The molecule has 1 aromatic rings. The molecule has 1 aromatic carbocycles. The van der Waals surface area contributed by atoms with Crippen molar-refractivity contribution in [2.24, 2.45) is 11.1 Å². The van der Waals surface area contributed by atoms with Gasteiger partial charge in [-0.25, -0.2) is 4.39 Å². The molecule has 0 bridgehead atoms. The Bertz CT molecular complexity index is 410. The zero-order valence-electron chi connectivity index (χ0n) is 12.3. The molecule has 1 aliphatic rings. The van der Waals surface area contributed by atoms with Crippen LogP contribution in [0.1, 0.15) is 55.2 Å². The first-order chi connectivity index (χ1) is 9.06. The van der Waals surface area contributed by atoms with E-state index in [4.69, 9.17) is 5.73 Å². The van der Waals surface area contributed by atoms with E-state index in [-0.39, 0.29) is 5.82 Å². The summed E-state index contributed by atoms with van der Waals surface area (Å²) < 4.78 is 13.6. The van der Waals surface area contributed by atoms with Crippen LogP contribution in [-0.4, -0.2) is 6.54 Å². The number of hydrogen-bond acceptors (Lipinski definition) is 1. The van der Waals surface area contributed by atoms with Crippen molar-refractivity contribution in [3.05, 3.63) is 34.6 Å². The number of benzene rings is 1. The maximum absolute atomic E-state index is 13.6. The second kappa shape index (κ2) is 6.04. The van der Waals surface area contributed by atoms with Gasteiger partial charge in [-0.05, 0) is 74.6 Å². The number of hydrogen-bond donors (Lipinski definition) is 1. The number of halogens is 1. The molecule has 19 heavy (non-hydrogen) atoms. The highest BCUT2D eigenvalue weighted by atomic mass is 19.1. The topological polar surface area (TPSA) is 26.0 Å². The highest BCUT2D eigenvalue weighted by Gasteiger charge is 2.32. The first-order valence-electron chi connectivity index (χ1n) is 7.52. The van der Waals surface area contributed by atoms with Crippen LogP contribution in [0.25, 0.3) is 0 Å². The minimum atomic E-state index is -0.0544. The average Bonchev–Trinajstić information content (AvgIpc) is 2.83. The third kappa shape index (κ3) is 3.36. The van der Waals surface area contributed by atoms with Crippen LogP contribution < -0.4 is 5.73 Å². The summed E-state index contributed by atoms with van der Waals surface area (Å²) in [4.78, 5) is 0. The fraction of sp³-hybridized carbons (Fsp3) is 0.647. The smallest absolute Gasteiger partial charge is 0.129 e. The Morgan fingerprint density at radius 1 is 1.11 bits per heavy atom. The number of nitrogens with two attached hydrogens (primary N) is 1. The maximum atomic E-state index is 13.6. The van der Waals surface area contributed by atoms with Gasteiger partial charge in [-0.3, -0.25) is 0 Å². The van der Waals surface area contributed by atoms with Crippen molar-refractivity contribution >= 4 is 0 Å². The zero-order chi connectivity index (χ0) is 13.9. The molecular weight excluding hydrogens is 237 g/mol. The summed E-state index contributed by atoms with van der Waals surface area (Å²) in [7, 11) is 0. The Balaban J connectivity index is 2.05. The van der Waals surface area contributed by atoms with Crippen molar-refractivity contribution in [1.29, 1.82) is 0 Å². The normalized spacial score (nSPS) is 17.9. The fourth-order valence-electron chi connectivity index (χ4n) is 3.65. The van der Waals surface area contributed by atoms with Gasteiger partial charge in [0.1, 0.15) is 5.82 Å². The molecule has 0 amide bonds. The Morgan fingerprint density at radius 3 is 2.21 bits per heavy atom. The first-order valence-corrected chi connectivity index (χ1v) is 7.52. The Kier molecular flexibility index (Phi) is 4.62. The Hall–Kier alpha value is -0.890. The molecule has 1 aliphatic carbocycles. The van der Waals surface area contributed by atoms with Gasteiger partial charge in [0.25, 0.3) is 0 Å². The van der Waals surface area contributed by atoms with E-state index in [1.165, 1.54) is 37.7 Å². The third-order valence-corrected chi connectivity index (χ3v) is 4.78. The van der Waals surface area contributed by atoms with Crippen LogP contribution in [0, 0.1) is 25.1 Å². The number of aryl methyl sites for hydroxylation is 3. The van der Waals surface area contributed by atoms with Crippen LogP contribution in [-0.2, 0) is 6.42 Å². The van der Waals surface area contributed by atoms with Crippen molar-refractivity contribution < 1.29 is 4.39 Å². The standard InChI is InChI=1S/C17H26FN/c1-13-11-15(12-14(2)16(13)18)5-8-17(9-10-19)6-3-4-7-17/h11-12H,3-10,19H2,1-2H3. The van der Waals surface area contributed by atoms with Gasteiger partial charge in [-0.2, -0.15) is 0 Å². The molecule has 0 atom stereocenters. The maximum Gasteiger partial charge on any atom is 0.129 e. The Labute approximate surface area is 116 Å². The highest BCUT2D eigenvalue weighted by Crippen LogP contribution is 2.44. The molecule has 0 radical (unpaired) electrons.